The van der Waals surface area contributed by atoms with Gasteiger partial charge in [-0.15, -0.1) is 0 Å². The fourth-order valence-electron chi connectivity index (χ4n) is 4.26. The molecule has 2 aromatic carbocycles. The van der Waals surface area contributed by atoms with E-state index in [0.29, 0.717) is 26.1 Å². The Kier molecular flexibility index (Phi) is 7.03. The van der Waals surface area contributed by atoms with E-state index in [4.69, 9.17) is 4.74 Å². The van der Waals surface area contributed by atoms with Crippen LogP contribution in [-0.4, -0.2) is 59.4 Å². The van der Waals surface area contributed by atoms with E-state index in [1.54, 1.807) is 18.2 Å². The highest BCUT2D eigenvalue weighted by molar-refractivity contribution is 5.90. The number of pyridine rings is 1. The van der Waals surface area contributed by atoms with Crippen LogP contribution in [0.2, 0.25) is 0 Å². The average molecular weight is 444 g/mol. The number of methoxy groups -OCH3 is 1. The number of benzene rings is 2. The smallest absolute Gasteiger partial charge is 0.245 e. The zero-order valence-corrected chi connectivity index (χ0v) is 19.1. The maximum atomic E-state index is 13.2. The van der Waals surface area contributed by atoms with E-state index >= 15 is 0 Å². The SMILES string of the molecule is CCN1CCN(C(=O)Cc2ccc(OC)cc2)[C@@H](Cc2ccc(-c3cccnc3)cc2)C1=O. The van der Waals surface area contributed by atoms with Gasteiger partial charge in [0.15, 0.2) is 0 Å². The molecule has 1 saturated heterocycles. The van der Waals surface area contributed by atoms with Crippen molar-refractivity contribution in [3.63, 3.8) is 0 Å². The molecule has 1 aliphatic rings. The Morgan fingerprint density at radius 2 is 1.73 bits per heavy atom. The number of aromatic nitrogens is 1. The highest BCUT2D eigenvalue weighted by Gasteiger charge is 2.36. The molecular weight excluding hydrogens is 414 g/mol. The lowest BCUT2D eigenvalue weighted by molar-refractivity contribution is -0.150. The first-order valence-corrected chi connectivity index (χ1v) is 11.3. The molecule has 3 aromatic rings. The van der Waals surface area contributed by atoms with Gasteiger partial charge in [-0.25, -0.2) is 0 Å². The van der Waals surface area contributed by atoms with Crippen molar-refractivity contribution in [2.75, 3.05) is 26.7 Å². The third-order valence-corrected chi connectivity index (χ3v) is 6.18. The van der Waals surface area contributed by atoms with Gasteiger partial charge in [0, 0.05) is 38.4 Å². The minimum atomic E-state index is -0.492. The van der Waals surface area contributed by atoms with Gasteiger partial charge in [0.05, 0.1) is 13.5 Å². The Morgan fingerprint density at radius 1 is 1.00 bits per heavy atom. The van der Waals surface area contributed by atoms with E-state index in [1.807, 2.05) is 78.7 Å². The Labute approximate surface area is 194 Å². The minimum absolute atomic E-state index is 0.0168. The molecule has 1 atom stereocenters. The summed E-state index contributed by atoms with van der Waals surface area (Å²) in [6, 6.07) is 19.1. The van der Waals surface area contributed by atoms with Crippen molar-refractivity contribution in [1.82, 2.24) is 14.8 Å². The third kappa shape index (κ3) is 5.22. The van der Waals surface area contributed by atoms with Crippen molar-refractivity contribution in [2.45, 2.75) is 25.8 Å². The van der Waals surface area contributed by atoms with Crippen LogP contribution in [0, 0.1) is 0 Å². The molecule has 170 valence electrons. The summed E-state index contributed by atoms with van der Waals surface area (Å²) in [6.07, 6.45) is 4.35. The summed E-state index contributed by atoms with van der Waals surface area (Å²) in [7, 11) is 1.62. The molecule has 0 spiro atoms. The number of carbonyl (C=O) groups is 2. The summed E-state index contributed by atoms with van der Waals surface area (Å²) in [6.45, 7) is 3.75. The Hall–Kier alpha value is -3.67. The molecule has 33 heavy (non-hydrogen) atoms. The number of carbonyl (C=O) groups excluding carboxylic acids is 2. The van der Waals surface area contributed by atoms with Crippen molar-refractivity contribution < 1.29 is 14.3 Å². The van der Waals surface area contributed by atoms with Crippen molar-refractivity contribution >= 4 is 11.8 Å². The van der Waals surface area contributed by atoms with E-state index < -0.39 is 6.04 Å². The van der Waals surface area contributed by atoms with Crippen LogP contribution in [0.15, 0.2) is 73.1 Å². The monoisotopic (exact) mass is 443 g/mol. The predicted octanol–water partition coefficient (Wildman–Crippen LogP) is 3.60. The lowest BCUT2D eigenvalue weighted by Gasteiger charge is -2.40. The first kappa shape index (κ1) is 22.5. The lowest BCUT2D eigenvalue weighted by Crippen LogP contribution is -2.59. The van der Waals surface area contributed by atoms with Gasteiger partial charge in [-0.3, -0.25) is 14.6 Å². The van der Waals surface area contributed by atoms with Crippen LogP contribution in [0.5, 0.6) is 5.75 Å². The summed E-state index contributed by atoms with van der Waals surface area (Å²) in [5, 5.41) is 0. The number of hydrogen-bond acceptors (Lipinski definition) is 4. The molecule has 2 amide bonds. The highest BCUT2D eigenvalue weighted by Crippen LogP contribution is 2.22. The quantitative estimate of drug-likeness (QED) is 0.560. The van der Waals surface area contributed by atoms with Gasteiger partial charge in [0.2, 0.25) is 11.8 Å². The zero-order valence-electron chi connectivity index (χ0n) is 19.1. The molecule has 6 heteroatoms. The van der Waals surface area contributed by atoms with Gasteiger partial charge in [0.25, 0.3) is 0 Å². The highest BCUT2D eigenvalue weighted by atomic mass is 16.5. The Bertz CT molecular complexity index is 1080. The fourth-order valence-corrected chi connectivity index (χ4v) is 4.26. The number of rotatable bonds is 7. The molecule has 0 aliphatic carbocycles. The molecule has 6 nitrogen and oxygen atoms in total. The number of piperazine rings is 1. The summed E-state index contributed by atoms with van der Waals surface area (Å²) in [5.74, 6) is 0.745. The molecule has 0 N–H and O–H groups in total. The van der Waals surface area contributed by atoms with E-state index in [0.717, 1.165) is 28.0 Å². The Morgan fingerprint density at radius 3 is 2.36 bits per heavy atom. The largest absolute Gasteiger partial charge is 0.497 e. The Balaban J connectivity index is 1.51. The van der Waals surface area contributed by atoms with Gasteiger partial charge in [-0.05, 0) is 47.4 Å². The molecule has 1 aromatic heterocycles. The second kappa shape index (κ2) is 10.3. The molecular formula is C27H29N3O3. The molecule has 1 aliphatic heterocycles. The van der Waals surface area contributed by atoms with E-state index in [9.17, 15) is 9.59 Å². The third-order valence-electron chi connectivity index (χ3n) is 6.18. The van der Waals surface area contributed by atoms with E-state index in [1.165, 1.54) is 0 Å². The minimum Gasteiger partial charge on any atom is -0.497 e. The van der Waals surface area contributed by atoms with E-state index in [2.05, 4.69) is 4.98 Å². The van der Waals surface area contributed by atoms with Crippen LogP contribution in [0.3, 0.4) is 0 Å². The maximum Gasteiger partial charge on any atom is 0.245 e. The standard InChI is InChI=1S/C27H29N3O3/c1-3-29-15-16-30(26(31)18-21-8-12-24(33-2)13-9-21)25(27(29)32)17-20-6-10-22(11-7-20)23-5-4-14-28-19-23/h4-14,19,25H,3,15-18H2,1-2H3/t25-/m0/s1. The van der Waals surface area contributed by atoms with Gasteiger partial charge < -0.3 is 14.5 Å². The van der Waals surface area contributed by atoms with Crippen molar-refractivity contribution in [3.05, 3.63) is 84.2 Å². The summed E-state index contributed by atoms with van der Waals surface area (Å²) >= 11 is 0. The average Bonchev–Trinajstić information content (AvgIpc) is 2.86. The summed E-state index contributed by atoms with van der Waals surface area (Å²) < 4.78 is 5.20. The molecule has 0 radical (unpaired) electrons. The molecule has 1 fully saturated rings. The van der Waals surface area contributed by atoms with Crippen LogP contribution >= 0.6 is 0 Å². The van der Waals surface area contributed by atoms with Crippen molar-refractivity contribution in [3.8, 4) is 16.9 Å². The van der Waals surface area contributed by atoms with Gasteiger partial charge >= 0.3 is 0 Å². The van der Waals surface area contributed by atoms with Crippen LogP contribution < -0.4 is 4.74 Å². The molecule has 0 bridgehead atoms. The second-order valence-corrected chi connectivity index (χ2v) is 8.19. The second-order valence-electron chi connectivity index (χ2n) is 8.19. The van der Waals surface area contributed by atoms with E-state index in [-0.39, 0.29) is 18.2 Å². The van der Waals surface area contributed by atoms with Crippen LogP contribution in [0.25, 0.3) is 11.1 Å². The number of likely N-dealkylation sites (N-methyl/N-ethyl adjacent to an activating group) is 1. The molecule has 4 rings (SSSR count). The fraction of sp³-hybridized carbons (Fsp3) is 0.296. The summed E-state index contributed by atoms with van der Waals surface area (Å²) in [4.78, 5) is 34.2. The van der Waals surface area contributed by atoms with Crippen LogP contribution in [0.4, 0.5) is 0 Å². The first-order valence-electron chi connectivity index (χ1n) is 11.3. The number of nitrogens with zero attached hydrogens (tertiary/aromatic N) is 3. The molecule has 0 unspecified atom stereocenters. The summed E-state index contributed by atoms with van der Waals surface area (Å²) in [5.41, 5.74) is 4.06. The van der Waals surface area contributed by atoms with Crippen LogP contribution in [0.1, 0.15) is 18.1 Å². The van der Waals surface area contributed by atoms with Crippen molar-refractivity contribution in [1.29, 1.82) is 0 Å². The molecule has 2 heterocycles. The zero-order chi connectivity index (χ0) is 23.2. The van der Waals surface area contributed by atoms with Crippen molar-refractivity contribution in [2.24, 2.45) is 0 Å². The number of ether oxygens (including phenoxy) is 1. The van der Waals surface area contributed by atoms with Crippen LogP contribution in [-0.2, 0) is 22.4 Å². The predicted molar refractivity (Wildman–Crippen MR) is 128 cm³/mol. The van der Waals surface area contributed by atoms with Gasteiger partial charge in [-0.2, -0.15) is 0 Å². The molecule has 0 saturated carbocycles. The normalized spacial score (nSPS) is 16.1. The lowest BCUT2D eigenvalue weighted by atomic mass is 9.98. The maximum absolute atomic E-state index is 13.2. The van der Waals surface area contributed by atoms with Gasteiger partial charge in [0.1, 0.15) is 11.8 Å². The first-order chi connectivity index (χ1) is 16.1. The topological polar surface area (TPSA) is 62.7 Å². The van der Waals surface area contributed by atoms with Gasteiger partial charge in [-0.1, -0.05) is 42.5 Å². The number of amides is 2. The number of hydrogen-bond donors (Lipinski definition) is 0.